The van der Waals surface area contributed by atoms with Crippen molar-refractivity contribution in [2.45, 2.75) is 13.0 Å². The Balaban J connectivity index is 0. The van der Waals surface area contributed by atoms with Gasteiger partial charge in [-0.3, -0.25) is 9.59 Å². The Morgan fingerprint density at radius 3 is 2.36 bits per heavy atom. The van der Waals surface area contributed by atoms with Crippen LogP contribution >= 0.6 is 12.4 Å². The van der Waals surface area contributed by atoms with Gasteiger partial charge in [-0.25, -0.2) is 0 Å². The smallest absolute Gasteiger partial charge is 0.325 e. The van der Waals surface area contributed by atoms with Crippen molar-refractivity contribution in [3.05, 3.63) is 0 Å². The van der Waals surface area contributed by atoms with E-state index in [4.69, 9.17) is 10.8 Å². The molecule has 0 aliphatic heterocycles. The number of carbonyl (C=O) groups is 2. The molecule has 0 unspecified atom stereocenters. The van der Waals surface area contributed by atoms with Gasteiger partial charge in [0.2, 0.25) is 5.91 Å². The van der Waals surface area contributed by atoms with Gasteiger partial charge < -0.3 is 16.2 Å². The van der Waals surface area contributed by atoms with Crippen molar-refractivity contribution in [2.75, 3.05) is 6.54 Å². The number of hydrogen-bond acceptors (Lipinski definition) is 3. The first-order valence-electron chi connectivity index (χ1n) is 2.80. The fourth-order valence-electron chi connectivity index (χ4n) is 0.362. The maximum absolute atomic E-state index is 10.4. The van der Waals surface area contributed by atoms with Crippen LogP contribution < -0.4 is 11.1 Å². The van der Waals surface area contributed by atoms with E-state index in [1.165, 1.54) is 6.92 Å². The summed E-state index contributed by atoms with van der Waals surface area (Å²) in [6.45, 7) is 1.19. The average Bonchev–Trinajstić information content (AvgIpc) is 1.87. The maximum Gasteiger partial charge on any atom is 0.325 e. The van der Waals surface area contributed by atoms with Gasteiger partial charge in [0.05, 0.1) is 6.54 Å². The third-order valence-electron chi connectivity index (χ3n) is 0.933. The standard InChI is InChI=1S/C5H10N2O3.ClH/c1-3(5(9)10)7-4(8)2-6;/h3H,2,6H2,1H3,(H,7,8)(H,9,10);1H/t3-;/m0./s1. The zero-order valence-corrected chi connectivity index (χ0v) is 6.85. The lowest BCUT2D eigenvalue weighted by molar-refractivity contribution is -0.141. The van der Waals surface area contributed by atoms with Crippen LogP contribution in [-0.2, 0) is 9.59 Å². The summed E-state index contributed by atoms with van der Waals surface area (Å²) in [6.07, 6.45) is 0. The Morgan fingerprint density at radius 1 is 1.64 bits per heavy atom. The predicted molar refractivity (Wildman–Crippen MR) is 41.5 cm³/mol. The molecule has 0 saturated carbocycles. The molecule has 0 saturated heterocycles. The summed E-state index contributed by atoms with van der Waals surface area (Å²) in [5, 5.41) is 10.4. The number of carbonyl (C=O) groups excluding carboxylic acids is 1. The van der Waals surface area contributed by atoms with Crippen molar-refractivity contribution in [3.8, 4) is 0 Å². The van der Waals surface area contributed by atoms with Crippen LogP contribution in [0.5, 0.6) is 0 Å². The van der Waals surface area contributed by atoms with Crippen LogP contribution in [-0.4, -0.2) is 29.6 Å². The highest BCUT2D eigenvalue weighted by Crippen LogP contribution is 1.78. The molecule has 0 aromatic heterocycles. The van der Waals surface area contributed by atoms with E-state index >= 15 is 0 Å². The number of rotatable bonds is 3. The van der Waals surface area contributed by atoms with Crippen LogP contribution in [0.3, 0.4) is 0 Å². The van der Waals surface area contributed by atoms with E-state index in [1.807, 2.05) is 0 Å². The fourth-order valence-corrected chi connectivity index (χ4v) is 0.362. The van der Waals surface area contributed by atoms with Gasteiger partial charge in [0.15, 0.2) is 0 Å². The molecule has 4 N–H and O–H groups in total. The largest absolute Gasteiger partial charge is 0.480 e. The minimum atomic E-state index is -1.07. The van der Waals surface area contributed by atoms with Crippen LogP contribution in [0.15, 0.2) is 0 Å². The van der Waals surface area contributed by atoms with Crippen LogP contribution in [0.1, 0.15) is 6.92 Å². The lowest BCUT2D eigenvalue weighted by Gasteiger charge is -2.06. The molecular formula is C5H11ClN2O3. The van der Waals surface area contributed by atoms with Gasteiger partial charge in [0, 0.05) is 0 Å². The zero-order valence-electron chi connectivity index (χ0n) is 6.03. The third kappa shape index (κ3) is 5.63. The molecule has 0 aliphatic carbocycles. The summed E-state index contributed by atoms with van der Waals surface area (Å²) >= 11 is 0. The second-order valence-electron chi connectivity index (χ2n) is 1.83. The molecular weight excluding hydrogens is 172 g/mol. The highest BCUT2D eigenvalue weighted by molar-refractivity contribution is 5.85. The predicted octanol–water partition coefficient (Wildman–Crippen LogP) is -1.04. The van der Waals surface area contributed by atoms with E-state index in [0.29, 0.717) is 0 Å². The molecule has 0 radical (unpaired) electrons. The molecule has 0 heterocycles. The summed E-state index contributed by atoms with van der Waals surface area (Å²) in [7, 11) is 0. The van der Waals surface area contributed by atoms with Crippen molar-refractivity contribution < 1.29 is 14.7 Å². The van der Waals surface area contributed by atoms with Crippen LogP contribution in [0, 0.1) is 0 Å². The normalized spacial score (nSPS) is 11.1. The number of halogens is 1. The summed E-state index contributed by atoms with van der Waals surface area (Å²) in [5.41, 5.74) is 4.92. The third-order valence-corrected chi connectivity index (χ3v) is 0.933. The summed E-state index contributed by atoms with van der Waals surface area (Å²) in [4.78, 5) is 20.5. The number of nitrogens with two attached hydrogens (primary N) is 1. The Bertz CT molecular complexity index is 151. The first-order valence-corrected chi connectivity index (χ1v) is 2.80. The van der Waals surface area contributed by atoms with Crippen molar-refractivity contribution in [2.24, 2.45) is 5.73 Å². The number of aliphatic carboxylic acids is 1. The van der Waals surface area contributed by atoms with Gasteiger partial charge in [-0.2, -0.15) is 0 Å². The Labute approximate surface area is 70.4 Å². The summed E-state index contributed by atoms with van der Waals surface area (Å²) in [5.74, 6) is -1.53. The van der Waals surface area contributed by atoms with Crippen LogP contribution in [0.25, 0.3) is 0 Å². The number of carboxylic acids is 1. The quantitative estimate of drug-likeness (QED) is 0.520. The van der Waals surface area contributed by atoms with E-state index in [0.717, 1.165) is 0 Å². The second kappa shape index (κ2) is 5.94. The molecule has 0 aromatic carbocycles. The molecule has 66 valence electrons. The second-order valence-corrected chi connectivity index (χ2v) is 1.83. The van der Waals surface area contributed by atoms with E-state index in [1.54, 1.807) is 0 Å². The van der Waals surface area contributed by atoms with Gasteiger partial charge in [0.25, 0.3) is 0 Å². The monoisotopic (exact) mass is 182 g/mol. The van der Waals surface area contributed by atoms with Crippen molar-refractivity contribution in [1.29, 1.82) is 0 Å². The van der Waals surface area contributed by atoms with E-state index in [9.17, 15) is 9.59 Å². The first-order chi connectivity index (χ1) is 4.57. The number of hydrogen-bond donors (Lipinski definition) is 3. The molecule has 0 spiro atoms. The maximum atomic E-state index is 10.4. The van der Waals surface area contributed by atoms with E-state index < -0.39 is 17.9 Å². The molecule has 0 fully saturated rings. The Kier molecular flexibility index (Phi) is 6.92. The lowest BCUT2D eigenvalue weighted by atomic mass is 10.3. The van der Waals surface area contributed by atoms with E-state index in [-0.39, 0.29) is 19.0 Å². The fraction of sp³-hybridized carbons (Fsp3) is 0.600. The van der Waals surface area contributed by atoms with Crippen LogP contribution in [0.2, 0.25) is 0 Å². The lowest BCUT2D eigenvalue weighted by Crippen LogP contribution is -2.41. The van der Waals surface area contributed by atoms with Gasteiger partial charge in [0.1, 0.15) is 6.04 Å². The minimum Gasteiger partial charge on any atom is -0.480 e. The Morgan fingerprint density at radius 2 is 2.09 bits per heavy atom. The van der Waals surface area contributed by atoms with Gasteiger partial charge in [-0.15, -0.1) is 12.4 Å². The SMILES string of the molecule is C[C@H](NC(=O)CN)C(=O)O.Cl. The van der Waals surface area contributed by atoms with Gasteiger partial charge in [-0.1, -0.05) is 0 Å². The van der Waals surface area contributed by atoms with E-state index in [2.05, 4.69) is 5.32 Å². The molecule has 6 heteroatoms. The number of carboxylic acid groups (broad SMARTS) is 1. The van der Waals surface area contributed by atoms with Gasteiger partial charge in [-0.05, 0) is 6.92 Å². The van der Waals surface area contributed by atoms with Crippen molar-refractivity contribution in [3.63, 3.8) is 0 Å². The number of amides is 1. The molecule has 0 rings (SSSR count). The zero-order chi connectivity index (χ0) is 8.15. The molecule has 5 nitrogen and oxygen atoms in total. The molecule has 11 heavy (non-hydrogen) atoms. The van der Waals surface area contributed by atoms with Gasteiger partial charge >= 0.3 is 5.97 Å². The molecule has 0 aromatic rings. The minimum absolute atomic E-state index is 0. The topological polar surface area (TPSA) is 92.4 Å². The van der Waals surface area contributed by atoms with Crippen molar-refractivity contribution >= 4 is 24.3 Å². The Hall–Kier alpha value is -0.810. The van der Waals surface area contributed by atoms with Crippen LogP contribution in [0.4, 0.5) is 0 Å². The number of nitrogens with one attached hydrogen (secondary N) is 1. The first kappa shape index (κ1) is 12.8. The average molecular weight is 183 g/mol. The molecule has 1 amide bonds. The summed E-state index contributed by atoms with van der Waals surface area (Å²) < 4.78 is 0. The summed E-state index contributed by atoms with van der Waals surface area (Å²) in [6, 6.07) is -0.865. The molecule has 0 bridgehead atoms. The van der Waals surface area contributed by atoms with Crippen molar-refractivity contribution in [1.82, 2.24) is 5.32 Å². The molecule has 0 aliphatic rings. The highest BCUT2D eigenvalue weighted by Gasteiger charge is 2.11. The molecule has 1 atom stereocenters. The highest BCUT2D eigenvalue weighted by atomic mass is 35.5.